The van der Waals surface area contributed by atoms with Crippen LogP contribution >= 0.6 is 0 Å². The molecule has 1 aliphatic rings. The highest BCUT2D eigenvalue weighted by molar-refractivity contribution is 6.06. The summed E-state index contributed by atoms with van der Waals surface area (Å²) in [4.78, 5) is 14.2. The van der Waals surface area contributed by atoms with E-state index in [0.29, 0.717) is 0 Å². The quantitative estimate of drug-likeness (QED) is 0.746. The van der Waals surface area contributed by atoms with Crippen LogP contribution in [0.25, 0.3) is 0 Å². The highest BCUT2D eigenvalue weighted by Gasteiger charge is 2.36. The van der Waals surface area contributed by atoms with Gasteiger partial charge in [-0.2, -0.15) is 0 Å². The van der Waals surface area contributed by atoms with Crippen molar-refractivity contribution in [1.29, 1.82) is 0 Å². The third-order valence-corrected chi connectivity index (χ3v) is 3.69. The Morgan fingerprint density at radius 1 is 0.944 bits per heavy atom. The van der Waals surface area contributed by atoms with Crippen molar-refractivity contribution in [3.05, 3.63) is 65.2 Å². The van der Waals surface area contributed by atoms with Gasteiger partial charge in [-0.1, -0.05) is 42.5 Å². The molecule has 18 heavy (non-hydrogen) atoms. The van der Waals surface area contributed by atoms with Crippen LogP contribution in [0.4, 0.5) is 5.69 Å². The van der Waals surface area contributed by atoms with Gasteiger partial charge in [0.15, 0.2) is 0 Å². The first-order chi connectivity index (χ1) is 8.70. The molecule has 0 saturated heterocycles. The Hall–Kier alpha value is -2.09. The topological polar surface area (TPSA) is 20.3 Å². The summed E-state index contributed by atoms with van der Waals surface area (Å²) in [6.07, 6.45) is 0. The molecular formula is C16H15NO. The lowest BCUT2D eigenvalue weighted by atomic mass is 9.90. The van der Waals surface area contributed by atoms with E-state index in [1.165, 1.54) is 5.56 Å². The van der Waals surface area contributed by atoms with Gasteiger partial charge in [0.25, 0.3) is 0 Å². The molecule has 0 bridgehead atoms. The van der Waals surface area contributed by atoms with E-state index in [2.05, 4.69) is 13.0 Å². The number of aryl methyl sites for hydroxylation is 1. The van der Waals surface area contributed by atoms with Crippen molar-refractivity contribution in [2.75, 3.05) is 11.9 Å². The summed E-state index contributed by atoms with van der Waals surface area (Å²) in [6.45, 7) is 2.06. The molecule has 1 heterocycles. The van der Waals surface area contributed by atoms with E-state index >= 15 is 0 Å². The number of likely N-dealkylation sites (N-methyl/N-ethyl adjacent to an activating group) is 1. The fraction of sp³-hybridized carbons (Fsp3) is 0.188. The lowest BCUT2D eigenvalue weighted by Gasteiger charge is -2.13. The standard InChI is InChI=1S/C16H15NO/c1-11-7-3-4-8-12(11)15-13-9-5-6-10-14(13)17(2)16(15)18/h3-10,15H,1-2H3. The van der Waals surface area contributed by atoms with Crippen LogP contribution in [0.15, 0.2) is 48.5 Å². The van der Waals surface area contributed by atoms with E-state index in [9.17, 15) is 4.79 Å². The first-order valence-corrected chi connectivity index (χ1v) is 6.12. The predicted octanol–water partition coefficient (Wildman–Crippen LogP) is 3.10. The molecule has 1 atom stereocenters. The number of amides is 1. The van der Waals surface area contributed by atoms with Gasteiger partial charge in [0.2, 0.25) is 5.91 Å². The molecule has 2 heteroatoms. The van der Waals surface area contributed by atoms with Gasteiger partial charge in [0.05, 0.1) is 5.92 Å². The maximum absolute atomic E-state index is 12.4. The van der Waals surface area contributed by atoms with E-state index in [-0.39, 0.29) is 11.8 Å². The Labute approximate surface area is 107 Å². The number of fused-ring (bicyclic) bond motifs is 1. The molecule has 0 radical (unpaired) electrons. The van der Waals surface area contributed by atoms with Crippen LogP contribution in [0.1, 0.15) is 22.6 Å². The Kier molecular flexibility index (Phi) is 2.44. The predicted molar refractivity (Wildman–Crippen MR) is 72.9 cm³/mol. The molecule has 0 N–H and O–H groups in total. The molecule has 1 unspecified atom stereocenters. The smallest absolute Gasteiger partial charge is 0.238 e. The van der Waals surface area contributed by atoms with Crippen LogP contribution in [0.2, 0.25) is 0 Å². The molecular weight excluding hydrogens is 222 g/mol. The third kappa shape index (κ3) is 1.46. The Balaban J connectivity index is 2.20. The molecule has 90 valence electrons. The van der Waals surface area contributed by atoms with Gasteiger partial charge < -0.3 is 4.90 Å². The van der Waals surface area contributed by atoms with E-state index in [1.54, 1.807) is 4.90 Å². The van der Waals surface area contributed by atoms with Crippen molar-refractivity contribution in [3.8, 4) is 0 Å². The minimum absolute atomic E-state index is 0.146. The van der Waals surface area contributed by atoms with Gasteiger partial charge in [0.1, 0.15) is 0 Å². The number of hydrogen-bond acceptors (Lipinski definition) is 1. The van der Waals surface area contributed by atoms with Gasteiger partial charge in [-0.3, -0.25) is 4.79 Å². The molecule has 0 spiro atoms. The van der Waals surface area contributed by atoms with Gasteiger partial charge in [0, 0.05) is 12.7 Å². The summed E-state index contributed by atoms with van der Waals surface area (Å²) in [6, 6.07) is 16.1. The summed E-state index contributed by atoms with van der Waals surface area (Å²) >= 11 is 0. The molecule has 0 saturated carbocycles. The highest BCUT2D eigenvalue weighted by atomic mass is 16.2. The zero-order chi connectivity index (χ0) is 12.7. The largest absolute Gasteiger partial charge is 0.314 e. The van der Waals surface area contributed by atoms with E-state index < -0.39 is 0 Å². The zero-order valence-corrected chi connectivity index (χ0v) is 10.6. The molecule has 2 aromatic rings. The minimum atomic E-state index is -0.146. The summed E-state index contributed by atoms with van der Waals surface area (Å²) in [5.41, 5.74) is 4.41. The Morgan fingerprint density at radius 2 is 1.56 bits per heavy atom. The molecule has 1 amide bonds. The van der Waals surface area contributed by atoms with Gasteiger partial charge in [-0.25, -0.2) is 0 Å². The molecule has 1 aliphatic heterocycles. The number of benzene rings is 2. The van der Waals surface area contributed by atoms with Crippen molar-refractivity contribution in [2.24, 2.45) is 0 Å². The van der Waals surface area contributed by atoms with Crippen molar-refractivity contribution < 1.29 is 4.79 Å². The molecule has 0 aromatic heterocycles. The summed E-state index contributed by atoms with van der Waals surface area (Å²) in [5.74, 6) is 0.0119. The van der Waals surface area contributed by atoms with Gasteiger partial charge in [-0.05, 0) is 29.7 Å². The van der Waals surface area contributed by atoms with Crippen LogP contribution in [0.3, 0.4) is 0 Å². The normalized spacial score (nSPS) is 18.0. The molecule has 2 aromatic carbocycles. The molecule has 2 nitrogen and oxygen atoms in total. The van der Waals surface area contributed by atoms with Crippen LogP contribution < -0.4 is 4.90 Å². The maximum Gasteiger partial charge on any atom is 0.238 e. The second kappa shape index (κ2) is 3.98. The number of anilines is 1. The Bertz CT molecular complexity index is 618. The van der Waals surface area contributed by atoms with Gasteiger partial charge in [-0.15, -0.1) is 0 Å². The summed E-state index contributed by atoms with van der Waals surface area (Å²) < 4.78 is 0. The molecule has 0 fully saturated rings. The molecule has 0 aliphatic carbocycles. The fourth-order valence-electron chi connectivity index (χ4n) is 2.69. The number of carbonyl (C=O) groups is 1. The van der Waals surface area contributed by atoms with Crippen LogP contribution in [-0.4, -0.2) is 13.0 Å². The zero-order valence-electron chi connectivity index (χ0n) is 10.6. The van der Waals surface area contributed by atoms with Crippen LogP contribution in [0, 0.1) is 6.92 Å². The average Bonchev–Trinajstić information content (AvgIpc) is 2.64. The van der Waals surface area contributed by atoms with Crippen molar-refractivity contribution >= 4 is 11.6 Å². The minimum Gasteiger partial charge on any atom is -0.314 e. The van der Waals surface area contributed by atoms with Crippen LogP contribution in [-0.2, 0) is 4.79 Å². The SMILES string of the molecule is Cc1ccccc1C1C(=O)N(C)c2ccccc21. The monoisotopic (exact) mass is 237 g/mol. The lowest BCUT2D eigenvalue weighted by Crippen LogP contribution is -2.24. The van der Waals surface area contributed by atoms with Crippen molar-refractivity contribution in [1.82, 2.24) is 0 Å². The maximum atomic E-state index is 12.4. The molecule has 3 rings (SSSR count). The fourth-order valence-corrected chi connectivity index (χ4v) is 2.69. The number of carbonyl (C=O) groups excluding carboxylic acids is 1. The van der Waals surface area contributed by atoms with Crippen molar-refractivity contribution in [2.45, 2.75) is 12.8 Å². The van der Waals surface area contributed by atoms with E-state index in [4.69, 9.17) is 0 Å². The number of rotatable bonds is 1. The van der Waals surface area contributed by atoms with E-state index in [1.807, 2.05) is 49.5 Å². The second-order valence-corrected chi connectivity index (χ2v) is 4.75. The van der Waals surface area contributed by atoms with Crippen molar-refractivity contribution in [3.63, 3.8) is 0 Å². The number of hydrogen-bond donors (Lipinski definition) is 0. The first-order valence-electron chi connectivity index (χ1n) is 6.12. The summed E-state index contributed by atoms with van der Waals surface area (Å²) in [7, 11) is 1.85. The van der Waals surface area contributed by atoms with Gasteiger partial charge >= 0.3 is 0 Å². The van der Waals surface area contributed by atoms with Crippen LogP contribution in [0.5, 0.6) is 0 Å². The number of nitrogens with zero attached hydrogens (tertiary/aromatic N) is 1. The summed E-state index contributed by atoms with van der Waals surface area (Å²) in [5, 5.41) is 0. The second-order valence-electron chi connectivity index (χ2n) is 4.75. The number of para-hydroxylation sites is 1. The Morgan fingerprint density at radius 3 is 2.28 bits per heavy atom. The average molecular weight is 237 g/mol. The highest BCUT2D eigenvalue weighted by Crippen LogP contribution is 2.40. The van der Waals surface area contributed by atoms with E-state index in [0.717, 1.165) is 16.8 Å². The first kappa shape index (κ1) is 11.0. The third-order valence-electron chi connectivity index (χ3n) is 3.69. The lowest BCUT2D eigenvalue weighted by molar-refractivity contribution is -0.118.